The molecule has 2 aromatic rings. The Hall–Kier alpha value is -1.78. The van der Waals surface area contributed by atoms with Gasteiger partial charge >= 0.3 is 6.30 Å². The molecule has 2 rings (SSSR count). The minimum atomic E-state index is -5.42. The Morgan fingerprint density at radius 3 is 2.08 bits per heavy atom. The molecule has 0 aromatic heterocycles. The van der Waals surface area contributed by atoms with E-state index in [1.165, 1.54) is 25.1 Å². The first kappa shape index (κ1) is 20.5. The van der Waals surface area contributed by atoms with Crippen molar-refractivity contribution in [3.05, 3.63) is 53.6 Å². The smallest absolute Gasteiger partial charge is 0.224 e. The number of hydrogen-bond acceptors (Lipinski definition) is 4. The van der Waals surface area contributed by atoms with Crippen LogP contribution in [0.1, 0.15) is 6.92 Å². The van der Waals surface area contributed by atoms with Crippen molar-refractivity contribution in [2.75, 3.05) is 10.1 Å². The van der Waals surface area contributed by atoms with Gasteiger partial charge in [0.15, 0.2) is 9.84 Å². The maximum absolute atomic E-state index is 13.7. The number of nitrogens with zero attached hydrogens (tertiary/aromatic N) is 1. The largest absolute Gasteiger partial charge is 0.498 e. The van der Waals surface area contributed by atoms with Crippen LogP contribution in [0.25, 0.3) is 0 Å². The summed E-state index contributed by atoms with van der Waals surface area (Å²) in [4.78, 5) is -1.42. The monoisotopic (exact) mass is 427 g/mol. The average molecular weight is 428 g/mol. The van der Waals surface area contributed by atoms with Crippen LogP contribution >= 0.6 is 11.6 Å². The summed E-state index contributed by atoms with van der Waals surface area (Å²) in [6.45, 7) is 1.23. The molecule has 5 nitrogen and oxygen atoms in total. The van der Waals surface area contributed by atoms with Crippen molar-refractivity contribution in [1.82, 2.24) is 0 Å². The summed E-state index contributed by atoms with van der Waals surface area (Å²) in [5.41, 5.74) is -1.07. The second-order valence-electron chi connectivity index (χ2n) is 5.07. The van der Waals surface area contributed by atoms with Gasteiger partial charge in [-0.25, -0.2) is 16.8 Å². The van der Waals surface area contributed by atoms with E-state index in [9.17, 15) is 30.0 Å². The molecule has 26 heavy (non-hydrogen) atoms. The van der Waals surface area contributed by atoms with E-state index in [-0.39, 0.29) is 5.02 Å². The Bertz CT molecular complexity index is 1010. The first-order valence-electron chi connectivity index (χ1n) is 7.11. The standard InChI is InChI=1S/C15H13ClF3NO4S2/c1-2-25(21,22)14-9-8-11(16)10-13(14)20(15(17,18)19)26(23,24)12-6-4-3-5-7-12/h3-10H,2H2,1H3. The zero-order chi connectivity index (χ0) is 19.8. The van der Waals surface area contributed by atoms with Gasteiger partial charge < -0.3 is 0 Å². The zero-order valence-corrected chi connectivity index (χ0v) is 15.6. The van der Waals surface area contributed by atoms with Crippen molar-refractivity contribution in [3.63, 3.8) is 0 Å². The van der Waals surface area contributed by atoms with Crippen LogP contribution in [-0.4, -0.2) is 28.9 Å². The van der Waals surface area contributed by atoms with E-state index in [4.69, 9.17) is 11.6 Å². The Morgan fingerprint density at radius 2 is 1.58 bits per heavy atom. The van der Waals surface area contributed by atoms with E-state index in [1.54, 1.807) is 0 Å². The molecule has 0 amide bonds. The third-order valence-corrected chi connectivity index (χ3v) is 7.13. The van der Waals surface area contributed by atoms with Gasteiger partial charge in [0.25, 0.3) is 10.0 Å². The van der Waals surface area contributed by atoms with Gasteiger partial charge in [0.2, 0.25) is 0 Å². The predicted octanol–water partition coefficient (Wildman–Crippen LogP) is 3.85. The molecule has 0 bridgehead atoms. The van der Waals surface area contributed by atoms with Crippen molar-refractivity contribution in [2.45, 2.75) is 23.0 Å². The average Bonchev–Trinajstić information content (AvgIpc) is 2.54. The Kier molecular flexibility index (Phi) is 5.60. The number of halogens is 4. The molecule has 2 aromatic carbocycles. The Labute approximate surface area is 154 Å². The maximum Gasteiger partial charge on any atom is 0.498 e. The zero-order valence-electron chi connectivity index (χ0n) is 13.2. The third kappa shape index (κ3) is 3.97. The number of alkyl halides is 3. The Balaban J connectivity index is 2.85. The fourth-order valence-corrected chi connectivity index (χ4v) is 4.84. The quantitative estimate of drug-likeness (QED) is 0.679. The van der Waals surface area contributed by atoms with Gasteiger partial charge in [-0.1, -0.05) is 36.7 Å². The molecule has 0 aliphatic rings. The molecule has 0 aliphatic carbocycles. The number of rotatable bonds is 5. The fraction of sp³-hybridized carbons (Fsp3) is 0.200. The van der Waals surface area contributed by atoms with Gasteiger partial charge in [-0.3, -0.25) is 0 Å². The Morgan fingerprint density at radius 1 is 1.00 bits per heavy atom. The first-order chi connectivity index (χ1) is 11.9. The number of sulfone groups is 1. The van der Waals surface area contributed by atoms with Gasteiger partial charge in [-0.2, -0.15) is 4.31 Å². The van der Waals surface area contributed by atoms with E-state index >= 15 is 0 Å². The van der Waals surface area contributed by atoms with Crippen molar-refractivity contribution < 1.29 is 30.0 Å². The van der Waals surface area contributed by atoms with Crippen molar-refractivity contribution in [3.8, 4) is 0 Å². The van der Waals surface area contributed by atoms with E-state index in [1.807, 2.05) is 0 Å². The van der Waals surface area contributed by atoms with Crippen molar-refractivity contribution >= 4 is 37.1 Å². The van der Waals surface area contributed by atoms with E-state index in [2.05, 4.69) is 0 Å². The lowest BCUT2D eigenvalue weighted by molar-refractivity contribution is -0.116. The molecule has 0 aliphatic heterocycles. The molecule has 0 spiro atoms. The number of benzene rings is 2. The normalized spacial score (nSPS) is 12.8. The molecule has 11 heteroatoms. The highest BCUT2D eigenvalue weighted by Gasteiger charge is 2.48. The molecule has 0 fully saturated rings. The van der Waals surface area contributed by atoms with Gasteiger partial charge in [0.05, 0.1) is 21.2 Å². The summed E-state index contributed by atoms with van der Waals surface area (Å²) >= 11 is 5.72. The molecule has 142 valence electrons. The molecule has 0 heterocycles. The van der Waals surface area contributed by atoms with Crippen LogP contribution in [0.5, 0.6) is 0 Å². The molecular formula is C15H13ClF3NO4S2. The van der Waals surface area contributed by atoms with Gasteiger partial charge in [0.1, 0.15) is 0 Å². The molecule has 0 radical (unpaired) electrons. The highest BCUT2D eigenvalue weighted by Crippen LogP contribution is 2.39. The molecule has 0 saturated carbocycles. The fourth-order valence-electron chi connectivity index (χ4n) is 2.17. The topological polar surface area (TPSA) is 71.5 Å². The minimum absolute atomic E-state index is 0.243. The van der Waals surface area contributed by atoms with Crippen LogP contribution in [-0.2, 0) is 19.9 Å². The lowest BCUT2D eigenvalue weighted by Crippen LogP contribution is -2.43. The SMILES string of the molecule is CCS(=O)(=O)c1ccc(Cl)cc1N(C(F)(F)F)S(=O)(=O)c1ccccc1. The maximum atomic E-state index is 13.7. The van der Waals surface area contributed by atoms with Crippen LogP contribution in [0, 0.1) is 0 Å². The van der Waals surface area contributed by atoms with Crippen molar-refractivity contribution in [2.24, 2.45) is 0 Å². The van der Waals surface area contributed by atoms with Crippen LogP contribution < -0.4 is 4.31 Å². The van der Waals surface area contributed by atoms with E-state index in [0.717, 1.165) is 24.3 Å². The second-order valence-corrected chi connectivity index (χ2v) is 9.54. The molecule has 0 saturated heterocycles. The van der Waals surface area contributed by atoms with Gasteiger partial charge in [-0.15, -0.1) is 13.2 Å². The molecule has 0 unspecified atom stereocenters. The van der Waals surface area contributed by atoms with Crippen LogP contribution in [0.15, 0.2) is 58.3 Å². The lowest BCUT2D eigenvalue weighted by Gasteiger charge is -2.28. The molecule has 0 atom stereocenters. The summed E-state index contributed by atoms with van der Waals surface area (Å²) in [7, 11) is -9.29. The summed E-state index contributed by atoms with van der Waals surface area (Å²) < 4.78 is 89.9. The summed E-state index contributed by atoms with van der Waals surface area (Å²) in [5.74, 6) is -0.515. The molecule has 0 N–H and O–H groups in total. The lowest BCUT2D eigenvalue weighted by atomic mass is 10.3. The van der Waals surface area contributed by atoms with Gasteiger partial charge in [0, 0.05) is 5.02 Å². The van der Waals surface area contributed by atoms with Gasteiger partial charge in [-0.05, 0) is 30.3 Å². The first-order valence-corrected chi connectivity index (χ1v) is 10.6. The number of hydrogen-bond donors (Lipinski definition) is 0. The highest BCUT2D eigenvalue weighted by molar-refractivity contribution is 7.93. The van der Waals surface area contributed by atoms with Crippen LogP contribution in [0.4, 0.5) is 18.9 Å². The van der Waals surface area contributed by atoms with E-state index in [0.29, 0.717) is 6.07 Å². The minimum Gasteiger partial charge on any atom is -0.224 e. The third-order valence-electron chi connectivity index (χ3n) is 3.37. The second kappa shape index (κ2) is 7.09. The summed E-state index contributed by atoms with van der Waals surface area (Å²) in [6.07, 6.45) is -5.42. The highest BCUT2D eigenvalue weighted by atomic mass is 35.5. The van der Waals surface area contributed by atoms with E-state index < -0.39 is 51.7 Å². The van der Waals surface area contributed by atoms with Crippen LogP contribution in [0.2, 0.25) is 5.02 Å². The summed E-state index contributed by atoms with van der Waals surface area (Å²) in [6, 6.07) is 8.50. The molecular weight excluding hydrogens is 415 g/mol. The van der Waals surface area contributed by atoms with Crippen molar-refractivity contribution in [1.29, 1.82) is 0 Å². The number of sulfonamides is 1. The number of anilines is 1. The van der Waals surface area contributed by atoms with Crippen LogP contribution in [0.3, 0.4) is 0 Å². The predicted molar refractivity (Wildman–Crippen MR) is 91.3 cm³/mol. The summed E-state index contributed by atoms with van der Waals surface area (Å²) in [5, 5.41) is -0.243.